The van der Waals surface area contributed by atoms with Crippen molar-refractivity contribution in [1.29, 1.82) is 0 Å². The summed E-state index contributed by atoms with van der Waals surface area (Å²) in [4.78, 5) is 69.9. The van der Waals surface area contributed by atoms with E-state index in [-0.39, 0.29) is 36.4 Å². The van der Waals surface area contributed by atoms with Gasteiger partial charge in [-0.2, -0.15) is 9.91 Å². The third-order valence-electron chi connectivity index (χ3n) is 11.0. The number of phenolic OH excluding ortho intramolecular Hbond substituents is 1. The van der Waals surface area contributed by atoms with Crippen LogP contribution in [0.4, 0.5) is 14.9 Å². The smallest absolute Gasteiger partial charge is 0.328 e. The number of hydrazine groups is 1. The van der Waals surface area contributed by atoms with Gasteiger partial charge in [0.15, 0.2) is 0 Å². The minimum Gasteiger partial charge on any atom is -0.508 e. The number of ether oxygens (including phenoxy) is 1. The zero-order chi connectivity index (χ0) is 37.2. The van der Waals surface area contributed by atoms with Crippen LogP contribution in [-0.2, 0) is 31.2 Å². The average molecular weight is 735 g/mol. The fourth-order valence-electron chi connectivity index (χ4n) is 8.82. The Morgan fingerprint density at radius 1 is 0.925 bits per heavy atom. The largest absolute Gasteiger partial charge is 0.508 e. The topological polar surface area (TPSA) is 159 Å². The Bertz CT molecular complexity index is 2210. The Morgan fingerprint density at radius 3 is 2.32 bits per heavy atom. The third-order valence-corrected chi connectivity index (χ3v) is 11.3. The van der Waals surface area contributed by atoms with E-state index in [9.17, 15) is 28.7 Å². The normalized spacial score (nSPS) is 26.2. The number of phenols is 1. The van der Waals surface area contributed by atoms with Crippen molar-refractivity contribution in [2.75, 3.05) is 5.43 Å². The predicted octanol–water partition coefficient (Wildman–Crippen LogP) is 5.83. The SMILES string of the molecule is NC(=O)N1C(=O)C2CC=C3C(CC4C(=O)N(Nc5ccc(F)cc5)C(=O)C4(c4ccc(Cl)cc4)C3c3ccc(OCc4ccccc4)cc3O)C2C1=O. The van der Waals surface area contributed by atoms with Crippen LogP contribution in [0.3, 0.4) is 0 Å². The highest BCUT2D eigenvalue weighted by Crippen LogP contribution is 2.65. The van der Waals surface area contributed by atoms with Gasteiger partial charge in [0.05, 0.1) is 28.9 Å². The summed E-state index contributed by atoms with van der Waals surface area (Å²) >= 11 is 6.33. The molecule has 2 saturated heterocycles. The molecule has 11 nitrogen and oxygen atoms in total. The maximum Gasteiger partial charge on any atom is 0.328 e. The summed E-state index contributed by atoms with van der Waals surface area (Å²) in [5.41, 5.74) is 9.09. The Labute approximate surface area is 307 Å². The fraction of sp³-hybridized carbons (Fsp3) is 0.225. The van der Waals surface area contributed by atoms with E-state index in [0.29, 0.717) is 26.8 Å². The van der Waals surface area contributed by atoms with Gasteiger partial charge in [0.25, 0.3) is 11.8 Å². The molecular weight excluding hydrogens is 703 g/mol. The third kappa shape index (κ3) is 5.35. The number of nitrogens with zero attached hydrogens (tertiary/aromatic N) is 2. The Morgan fingerprint density at radius 2 is 1.64 bits per heavy atom. The maximum absolute atomic E-state index is 15.2. The van der Waals surface area contributed by atoms with Gasteiger partial charge < -0.3 is 15.6 Å². The van der Waals surface area contributed by atoms with Crippen LogP contribution in [0, 0.1) is 29.5 Å². The molecule has 2 aliphatic carbocycles. The van der Waals surface area contributed by atoms with Crippen LogP contribution in [0.15, 0.2) is 109 Å². The number of benzene rings is 4. The number of amides is 6. The van der Waals surface area contributed by atoms with Crippen molar-refractivity contribution in [2.45, 2.75) is 30.8 Å². The number of likely N-dealkylation sites (tertiary alicyclic amines) is 1. The lowest BCUT2D eigenvalue weighted by Gasteiger charge is -2.50. The first-order valence-corrected chi connectivity index (χ1v) is 17.4. The lowest BCUT2D eigenvalue weighted by atomic mass is 9.49. The van der Waals surface area contributed by atoms with Gasteiger partial charge >= 0.3 is 6.03 Å². The molecule has 2 heterocycles. The Kier molecular flexibility index (Phi) is 8.29. The number of fused-ring (bicyclic) bond motifs is 4. The van der Waals surface area contributed by atoms with Crippen molar-refractivity contribution < 1.29 is 38.2 Å². The quantitative estimate of drug-likeness (QED) is 0.158. The highest BCUT2D eigenvalue weighted by Gasteiger charge is 2.70. The van der Waals surface area contributed by atoms with Crippen LogP contribution in [0.25, 0.3) is 0 Å². The van der Waals surface area contributed by atoms with E-state index in [4.69, 9.17) is 22.1 Å². The fourth-order valence-corrected chi connectivity index (χ4v) is 8.94. The van der Waals surface area contributed by atoms with Crippen molar-refractivity contribution >= 4 is 46.9 Å². The molecule has 53 heavy (non-hydrogen) atoms. The van der Waals surface area contributed by atoms with E-state index < -0.39 is 70.5 Å². The molecule has 4 N–H and O–H groups in total. The molecule has 0 aromatic heterocycles. The van der Waals surface area contributed by atoms with Crippen LogP contribution in [0.1, 0.15) is 35.4 Å². The molecule has 0 spiro atoms. The number of hydrogen-bond acceptors (Lipinski definition) is 8. The van der Waals surface area contributed by atoms with Crippen LogP contribution in [0.2, 0.25) is 5.02 Å². The number of imide groups is 4. The van der Waals surface area contributed by atoms with Crippen molar-refractivity contribution in [3.63, 3.8) is 0 Å². The van der Waals surface area contributed by atoms with Gasteiger partial charge in [0, 0.05) is 22.6 Å². The number of hydrogen-bond donors (Lipinski definition) is 3. The van der Waals surface area contributed by atoms with E-state index in [1.54, 1.807) is 42.5 Å². The highest BCUT2D eigenvalue weighted by atomic mass is 35.5. The van der Waals surface area contributed by atoms with Gasteiger partial charge in [0.2, 0.25) is 11.8 Å². The number of carbonyl (C=O) groups is 5. The Balaban J connectivity index is 1.31. The van der Waals surface area contributed by atoms with Gasteiger partial charge in [-0.15, -0.1) is 0 Å². The molecule has 6 unspecified atom stereocenters. The molecule has 3 fully saturated rings. The van der Waals surface area contributed by atoms with E-state index in [1.165, 1.54) is 30.3 Å². The first-order chi connectivity index (χ1) is 25.5. The van der Waals surface area contributed by atoms with Gasteiger partial charge in [0.1, 0.15) is 23.9 Å². The average Bonchev–Trinajstić information content (AvgIpc) is 3.53. The number of nitrogens with one attached hydrogen (secondary N) is 1. The molecule has 8 rings (SSSR count). The van der Waals surface area contributed by atoms with E-state index in [0.717, 1.165) is 10.6 Å². The number of urea groups is 1. The van der Waals surface area contributed by atoms with Crippen molar-refractivity contribution in [1.82, 2.24) is 9.91 Å². The molecular formula is C40H32ClFN4O7. The summed E-state index contributed by atoms with van der Waals surface area (Å²) in [6.07, 6.45) is 1.79. The summed E-state index contributed by atoms with van der Waals surface area (Å²) in [6, 6.07) is 24.7. The number of allylic oxidation sites excluding steroid dienone is 2. The lowest BCUT2D eigenvalue weighted by molar-refractivity contribution is -0.139. The molecule has 2 aliphatic heterocycles. The van der Waals surface area contributed by atoms with Gasteiger partial charge in [-0.25, -0.2) is 9.18 Å². The second kappa shape index (κ2) is 12.9. The molecule has 4 aromatic carbocycles. The molecule has 6 amide bonds. The first kappa shape index (κ1) is 34.1. The number of anilines is 1. The molecule has 0 bridgehead atoms. The molecule has 13 heteroatoms. The number of halogens is 2. The zero-order valence-electron chi connectivity index (χ0n) is 27.9. The van der Waals surface area contributed by atoms with Crippen molar-refractivity contribution in [3.8, 4) is 11.5 Å². The number of nitrogens with two attached hydrogens (primary N) is 1. The second-order valence-corrected chi connectivity index (χ2v) is 14.2. The number of rotatable bonds is 7. The lowest BCUT2D eigenvalue weighted by Crippen LogP contribution is -2.53. The molecule has 6 atom stereocenters. The second-order valence-electron chi connectivity index (χ2n) is 13.7. The first-order valence-electron chi connectivity index (χ1n) is 17.0. The minimum atomic E-state index is -1.71. The minimum absolute atomic E-state index is 0.0526. The molecule has 4 aromatic rings. The van der Waals surface area contributed by atoms with Crippen LogP contribution in [0.5, 0.6) is 11.5 Å². The summed E-state index contributed by atoms with van der Waals surface area (Å²) in [6.45, 7) is 0.222. The molecule has 4 aliphatic rings. The van der Waals surface area contributed by atoms with E-state index in [2.05, 4.69) is 5.43 Å². The molecule has 0 radical (unpaired) electrons. The van der Waals surface area contributed by atoms with E-state index >= 15 is 4.79 Å². The number of carbonyl (C=O) groups excluding carboxylic acids is 5. The summed E-state index contributed by atoms with van der Waals surface area (Å²) in [5, 5.41) is 13.1. The number of aromatic hydroxyl groups is 1. The van der Waals surface area contributed by atoms with Crippen molar-refractivity contribution in [2.24, 2.45) is 29.4 Å². The van der Waals surface area contributed by atoms with Crippen LogP contribution >= 0.6 is 11.6 Å². The summed E-state index contributed by atoms with van der Waals surface area (Å²) < 4.78 is 19.8. The predicted molar refractivity (Wildman–Crippen MR) is 189 cm³/mol. The molecule has 1 saturated carbocycles. The summed E-state index contributed by atoms with van der Waals surface area (Å²) in [7, 11) is 0. The summed E-state index contributed by atoms with van der Waals surface area (Å²) in [5.74, 6) is -8.11. The van der Waals surface area contributed by atoms with Gasteiger partial charge in [-0.3, -0.25) is 24.6 Å². The molecule has 268 valence electrons. The Hall–Kier alpha value is -6.01. The number of primary amides is 1. The van der Waals surface area contributed by atoms with Gasteiger partial charge in [-0.1, -0.05) is 71.8 Å². The van der Waals surface area contributed by atoms with Crippen LogP contribution in [-0.4, -0.2) is 44.7 Å². The maximum atomic E-state index is 15.2. The van der Waals surface area contributed by atoms with Crippen molar-refractivity contribution in [3.05, 3.63) is 136 Å². The zero-order valence-corrected chi connectivity index (χ0v) is 28.7. The highest BCUT2D eigenvalue weighted by molar-refractivity contribution is 6.30. The van der Waals surface area contributed by atoms with Crippen LogP contribution < -0.4 is 15.9 Å². The van der Waals surface area contributed by atoms with Gasteiger partial charge in [-0.05, 0) is 72.4 Å². The monoisotopic (exact) mass is 734 g/mol. The van der Waals surface area contributed by atoms with E-state index in [1.807, 2.05) is 30.3 Å². The standard InChI is InChI=1S/C40H32ClFN4O7/c41-23-8-6-22(7-9-23)40-31(36(49)46(38(40)51)44-25-12-10-24(42)11-13-25)19-30-27(16-17-29-33(30)37(50)45(35(29)48)39(43)52)34(40)28-15-14-26(18-32(28)47)53-20-21-4-2-1-3-5-21/h1-16,18,29-31,33-34,44,47H,17,19-20H2,(H2,43,52).